The number of carbonyl (C=O) groups excluding carboxylic acids is 1. The number of rotatable bonds is 17. The van der Waals surface area contributed by atoms with Crippen LogP contribution in [0.4, 0.5) is 5.69 Å². The zero-order valence-corrected chi connectivity index (χ0v) is 31.9. The fourth-order valence-corrected chi connectivity index (χ4v) is 7.09. The van der Waals surface area contributed by atoms with E-state index in [1.165, 1.54) is 22.4 Å². The van der Waals surface area contributed by atoms with E-state index in [9.17, 15) is 4.79 Å². The number of aldehydes is 1. The molecule has 9 heteroatoms. The number of benzene rings is 1. The van der Waals surface area contributed by atoms with Gasteiger partial charge in [-0.2, -0.15) is 5.10 Å². The first kappa shape index (κ1) is 38.4. The molecule has 1 aliphatic heterocycles. The van der Waals surface area contributed by atoms with E-state index in [1.807, 2.05) is 26.5 Å². The highest BCUT2D eigenvalue weighted by Gasteiger charge is 2.20. The highest BCUT2D eigenvalue weighted by Crippen LogP contribution is 2.30. The minimum Gasteiger partial charge on any atom is -0.391 e. The Kier molecular flexibility index (Phi) is 13.7. The topological polar surface area (TPSA) is 102 Å². The van der Waals surface area contributed by atoms with Gasteiger partial charge >= 0.3 is 0 Å². The van der Waals surface area contributed by atoms with E-state index in [0.29, 0.717) is 6.42 Å². The van der Waals surface area contributed by atoms with Crippen LogP contribution in [-0.2, 0) is 11.2 Å². The number of aromatic nitrogens is 4. The Balaban J connectivity index is 1.19. The lowest BCUT2D eigenvalue weighted by molar-refractivity contribution is -0.108. The van der Waals surface area contributed by atoms with Crippen LogP contribution in [0.3, 0.4) is 0 Å². The van der Waals surface area contributed by atoms with Gasteiger partial charge in [0.1, 0.15) is 6.29 Å². The predicted molar refractivity (Wildman–Crippen MR) is 217 cm³/mol. The third-order valence-electron chi connectivity index (χ3n) is 10.4. The third kappa shape index (κ3) is 9.32. The van der Waals surface area contributed by atoms with Gasteiger partial charge < -0.3 is 20.3 Å². The van der Waals surface area contributed by atoms with Crippen LogP contribution in [0.1, 0.15) is 68.5 Å². The van der Waals surface area contributed by atoms with Gasteiger partial charge in [-0.15, -0.1) is 0 Å². The number of carbonyl (C=O) groups is 1. The second-order valence-electron chi connectivity index (χ2n) is 13.6. The predicted octanol–water partition coefficient (Wildman–Crippen LogP) is 7.39. The number of allylic oxidation sites excluding steroid dienone is 4. The summed E-state index contributed by atoms with van der Waals surface area (Å²) in [6.07, 6.45) is 16.6. The van der Waals surface area contributed by atoms with E-state index in [2.05, 4.69) is 131 Å². The first-order valence-electron chi connectivity index (χ1n) is 18.7. The molecule has 0 saturated carbocycles. The standard InChI is InChI=1S/C43H56N8O/c1-8-11-38(31(4)44-6)33(9-2)15-18-42-40-27-35(28-47-43(40)49-48-42)34-13-16-37(17-14-34)51-23-21-50(22-24-51)20-19-36-26-30(3)41(29-46-36)39(12-10-25-52)32(5)45-7/h8,11,13-18,25-29,31,39,44-45H,5,9-10,12,19-24H2,1-4,6-7H3,(H,47,48,49)/b11-8-,18-15+,38-33+/t31-,39?/m1/s1. The molecule has 52 heavy (non-hydrogen) atoms. The molecule has 1 fully saturated rings. The lowest BCUT2D eigenvalue weighted by Gasteiger charge is -2.36. The summed E-state index contributed by atoms with van der Waals surface area (Å²) >= 11 is 0. The number of nitrogens with one attached hydrogen (secondary N) is 3. The van der Waals surface area contributed by atoms with E-state index in [-0.39, 0.29) is 12.0 Å². The van der Waals surface area contributed by atoms with Crippen molar-refractivity contribution in [2.24, 2.45) is 0 Å². The highest BCUT2D eigenvalue weighted by molar-refractivity contribution is 5.88. The summed E-state index contributed by atoms with van der Waals surface area (Å²) < 4.78 is 0. The van der Waals surface area contributed by atoms with E-state index < -0.39 is 0 Å². The maximum atomic E-state index is 11.0. The quantitative estimate of drug-likeness (QED) is 0.0775. The normalized spacial score (nSPS) is 15.7. The van der Waals surface area contributed by atoms with Gasteiger partial charge in [0.2, 0.25) is 0 Å². The average Bonchev–Trinajstić information content (AvgIpc) is 3.59. The number of fused-ring (bicyclic) bond motifs is 1. The number of hydrogen-bond donors (Lipinski definition) is 3. The van der Waals surface area contributed by atoms with Crippen molar-refractivity contribution in [1.29, 1.82) is 0 Å². The van der Waals surface area contributed by atoms with Crippen molar-refractivity contribution in [2.75, 3.05) is 51.7 Å². The van der Waals surface area contributed by atoms with Crippen LogP contribution in [0.2, 0.25) is 0 Å². The van der Waals surface area contributed by atoms with Crippen LogP contribution < -0.4 is 15.5 Å². The molecule has 5 rings (SSSR count). The van der Waals surface area contributed by atoms with Gasteiger partial charge in [-0.1, -0.05) is 43.9 Å². The summed E-state index contributed by atoms with van der Waals surface area (Å²) in [5, 5.41) is 15.2. The molecule has 0 bridgehead atoms. The molecule has 4 aromatic rings. The van der Waals surface area contributed by atoms with Gasteiger partial charge in [-0.25, -0.2) is 4.98 Å². The molecule has 0 radical (unpaired) electrons. The Morgan fingerprint density at radius 3 is 2.46 bits per heavy atom. The molecule has 4 heterocycles. The molecular formula is C43H56N8O. The SMILES string of the molecule is C=C(NC)C(CCC=O)c1cnc(CCN2CCN(c3ccc(-c4cnc5n[nH]c(/C=C/C(CC)=C(\C=C/C)[C@@H](C)NC)c5c4)cc3)CC2)cc1C. The molecule has 1 aliphatic rings. The number of nitrogens with zero attached hydrogens (tertiary/aromatic N) is 5. The number of likely N-dealkylation sites (N-methyl/N-ethyl adjacent to an activating group) is 2. The Hall–Kier alpha value is -4.86. The fraction of sp³-hybridized carbons (Fsp3) is 0.395. The molecule has 0 aliphatic carbocycles. The average molecular weight is 701 g/mol. The number of hydrogen-bond acceptors (Lipinski definition) is 8. The Morgan fingerprint density at radius 2 is 1.81 bits per heavy atom. The summed E-state index contributed by atoms with van der Waals surface area (Å²) in [7, 11) is 3.88. The zero-order chi connectivity index (χ0) is 37.0. The van der Waals surface area contributed by atoms with Crippen LogP contribution >= 0.6 is 0 Å². The summed E-state index contributed by atoms with van der Waals surface area (Å²) in [6.45, 7) is 17.8. The van der Waals surface area contributed by atoms with Gasteiger partial charge in [0.25, 0.3) is 0 Å². The molecule has 0 amide bonds. The summed E-state index contributed by atoms with van der Waals surface area (Å²) in [4.78, 5) is 25.5. The molecule has 274 valence electrons. The van der Waals surface area contributed by atoms with Crippen molar-refractivity contribution in [3.63, 3.8) is 0 Å². The van der Waals surface area contributed by atoms with Gasteiger partial charge in [-0.05, 0) is 98.8 Å². The highest BCUT2D eigenvalue weighted by atomic mass is 16.1. The number of piperazine rings is 1. The van der Waals surface area contributed by atoms with Crippen molar-refractivity contribution in [1.82, 2.24) is 35.7 Å². The lowest BCUT2D eigenvalue weighted by atomic mass is 9.89. The first-order chi connectivity index (χ1) is 25.3. The number of aromatic amines is 1. The lowest BCUT2D eigenvalue weighted by Crippen LogP contribution is -2.47. The Labute approximate surface area is 310 Å². The number of anilines is 1. The zero-order valence-electron chi connectivity index (χ0n) is 31.9. The van der Waals surface area contributed by atoms with Gasteiger partial charge in [0, 0.05) is 105 Å². The maximum absolute atomic E-state index is 11.0. The van der Waals surface area contributed by atoms with Crippen LogP contribution in [0.5, 0.6) is 0 Å². The van der Waals surface area contributed by atoms with E-state index in [1.54, 1.807) is 0 Å². The van der Waals surface area contributed by atoms with Gasteiger partial charge in [0.15, 0.2) is 5.65 Å². The molecule has 1 saturated heterocycles. The van der Waals surface area contributed by atoms with Crippen LogP contribution in [0.25, 0.3) is 28.2 Å². The van der Waals surface area contributed by atoms with E-state index in [4.69, 9.17) is 4.98 Å². The Morgan fingerprint density at radius 1 is 1.04 bits per heavy atom. The number of aryl methyl sites for hydroxylation is 1. The van der Waals surface area contributed by atoms with Crippen LogP contribution in [0.15, 0.2) is 90.4 Å². The summed E-state index contributed by atoms with van der Waals surface area (Å²) in [6, 6.07) is 13.5. The van der Waals surface area contributed by atoms with Crippen molar-refractivity contribution in [3.05, 3.63) is 113 Å². The second kappa shape index (κ2) is 18.6. The minimum absolute atomic E-state index is 0.0857. The molecule has 1 aromatic carbocycles. The fourth-order valence-electron chi connectivity index (χ4n) is 7.09. The van der Waals surface area contributed by atoms with E-state index >= 15 is 0 Å². The van der Waals surface area contributed by atoms with Gasteiger partial charge in [0.05, 0.1) is 5.69 Å². The van der Waals surface area contributed by atoms with E-state index in [0.717, 1.165) is 103 Å². The molecular weight excluding hydrogens is 645 g/mol. The van der Waals surface area contributed by atoms with Crippen molar-refractivity contribution in [3.8, 4) is 11.1 Å². The van der Waals surface area contributed by atoms with Crippen LogP contribution in [0, 0.1) is 6.92 Å². The summed E-state index contributed by atoms with van der Waals surface area (Å²) in [5.74, 6) is 0.0857. The largest absolute Gasteiger partial charge is 0.391 e. The number of H-pyrrole nitrogens is 1. The van der Waals surface area contributed by atoms with Crippen molar-refractivity contribution >= 4 is 29.1 Å². The summed E-state index contributed by atoms with van der Waals surface area (Å²) in [5.41, 5.74) is 12.1. The molecule has 2 atom stereocenters. The molecule has 0 spiro atoms. The first-order valence-corrected chi connectivity index (χ1v) is 18.7. The second-order valence-corrected chi connectivity index (χ2v) is 13.6. The van der Waals surface area contributed by atoms with Crippen LogP contribution in [-0.4, -0.2) is 84.2 Å². The molecule has 1 unspecified atom stereocenters. The van der Waals surface area contributed by atoms with Crippen molar-refractivity contribution < 1.29 is 4.79 Å². The monoisotopic (exact) mass is 700 g/mol. The molecule has 9 nitrogen and oxygen atoms in total. The minimum atomic E-state index is 0.0857. The molecule has 3 N–H and O–H groups in total. The van der Waals surface area contributed by atoms with Crippen molar-refractivity contribution in [2.45, 2.75) is 65.3 Å². The Bertz CT molecular complexity index is 1900. The third-order valence-corrected chi connectivity index (χ3v) is 10.4. The maximum Gasteiger partial charge on any atom is 0.181 e. The van der Waals surface area contributed by atoms with Gasteiger partial charge in [-0.3, -0.25) is 15.0 Å². The smallest absolute Gasteiger partial charge is 0.181 e. The molecule has 3 aromatic heterocycles. The number of pyridine rings is 2.